The van der Waals surface area contributed by atoms with Crippen LogP contribution in [0.25, 0.3) is 0 Å². The van der Waals surface area contributed by atoms with E-state index in [9.17, 15) is 4.79 Å². The predicted octanol–water partition coefficient (Wildman–Crippen LogP) is 10.2. The Hall–Kier alpha value is -1.05. The Morgan fingerprint density at radius 3 is 1.88 bits per heavy atom. The first-order valence-corrected chi connectivity index (χ1v) is 14.3. The van der Waals surface area contributed by atoms with Gasteiger partial charge in [0.2, 0.25) is 0 Å². The van der Waals surface area contributed by atoms with Gasteiger partial charge in [-0.2, -0.15) is 0 Å². The topological polar surface area (TPSA) is 26.3 Å². The molecule has 0 saturated heterocycles. The van der Waals surface area contributed by atoms with Gasteiger partial charge in [-0.3, -0.25) is 4.79 Å². The van der Waals surface area contributed by atoms with Crippen LogP contribution in [0, 0.1) is 17.8 Å². The number of hydrogen-bond acceptors (Lipinski definition) is 2. The molecule has 0 bridgehead atoms. The maximum absolute atomic E-state index is 11.9. The average molecular weight is 463 g/mol. The van der Waals surface area contributed by atoms with Crippen molar-refractivity contribution < 1.29 is 9.53 Å². The number of rotatable bonds is 23. The molecule has 0 spiro atoms. The average Bonchev–Trinajstić information content (AvgIpc) is 2.75. The lowest BCUT2D eigenvalue weighted by Crippen LogP contribution is -2.04. The third kappa shape index (κ3) is 23.9. The van der Waals surface area contributed by atoms with Crippen molar-refractivity contribution >= 4 is 5.97 Å². The molecule has 0 aliphatic carbocycles. The Kier molecular flexibility index (Phi) is 22.0. The van der Waals surface area contributed by atoms with Crippen molar-refractivity contribution in [2.45, 2.75) is 144 Å². The second-order valence-corrected chi connectivity index (χ2v) is 11.0. The third-order valence-corrected chi connectivity index (χ3v) is 6.86. The van der Waals surface area contributed by atoms with Crippen molar-refractivity contribution in [3.05, 3.63) is 24.3 Å². The van der Waals surface area contributed by atoms with Crippen molar-refractivity contribution in [2.75, 3.05) is 6.61 Å². The molecule has 0 aromatic rings. The van der Waals surface area contributed by atoms with Crippen molar-refractivity contribution in [1.29, 1.82) is 0 Å². The number of allylic oxidation sites excluding steroid dienone is 2. The molecule has 194 valence electrons. The first-order chi connectivity index (χ1) is 15.8. The molecule has 0 aromatic carbocycles. The zero-order valence-electron chi connectivity index (χ0n) is 23.1. The summed E-state index contributed by atoms with van der Waals surface area (Å²) in [4.78, 5) is 11.9. The largest absolute Gasteiger partial charge is 0.461 e. The highest BCUT2D eigenvalue weighted by atomic mass is 16.5. The molecule has 2 nitrogen and oxygen atoms in total. The molecule has 0 aliphatic rings. The van der Waals surface area contributed by atoms with Crippen LogP contribution in [0.1, 0.15) is 144 Å². The zero-order valence-corrected chi connectivity index (χ0v) is 23.1. The molecule has 33 heavy (non-hydrogen) atoms. The highest BCUT2D eigenvalue weighted by Gasteiger charge is 2.07. The van der Waals surface area contributed by atoms with E-state index in [-0.39, 0.29) is 5.97 Å². The molecule has 0 rings (SSSR count). The molecule has 2 heteroatoms. The number of esters is 1. The van der Waals surface area contributed by atoms with Crippen molar-refractivity contribution in [3.63, 3.8) is 0 Å². The smallest absolute Gasteiger partial charge is 0.306 e. The van der Waals surface area contributed by atoms with Crippen LogP contribution in [0.3, 0.4) is 0 Å². The molecular weight excluding hydrogens is 404 g/mol. The number of hydrogen-bond donors (Lipinski definition) is 0. The lowest BCUT2D eigenvalue weighted by atomic mass is 9.91. The molecule has 0 unspecified atom stereocenters. The molecule has 0 amide bonds. The van der Waals surface area contributed by atoms with Crippen LogP contribution in [-0.2, 0) is 9.53 Å². The summed E-state index contributed by atoms with van der Waals surface area (Å²) in [6.45, 7) is 15.9. The summed E-state index contributed by atoms with van der Waals surface area (Å²) in [7, 11) is 0. The van der Waals surface area contributed by atoms with Gasteiger partial charge in [-0.15, -0.1) is 6.58 Å². The lowest BCUT2D eigenvalue weighted by Gasteiger charge is -2.15. The second-order valence-electron chi connectivity index (χ2n) is 11.0. The van der Waals surface area contributed by atoms with E-state index < -0.39 is 0 Å². The molecule has 0 aliphatic heterocycles. The quantitative estimate of drug-likeness (QED) is 0.0857. The molecule has 0 heterocycles. The van der Waals surface area contributed by atoms with E-state index in [1.807, 2.05) is 6.08 Å². The molecular formula is C31H58O2. The third-order valence-electron chi connectivity index (χ3n) is 6.86. The first kappa shape index (κ1) is 31.9. The van der Waals surface area contributed by atoms with E-state index >= 15 is 0 Å². The number of carbonyl (C=O) groups is 1. The lowest BCUT2D eigenvalue weighted by molar-refractivity contribution is -0.142. The molecule has 0 N–H and O–H groups in total. The minimum absolute atomic E-state index is 0.0437. The van der Waals surface area contributed by atoms with Crippen molar-refractivity contribution in [2.24, 2.45) is 17.8 Å². The van der Waals surface area contributed by atoms with Gasteiger partial charge in [-0.25, -0.2) is 0 Å². The van der Waals surface area contributed by atoms with Crippen LogP contribution in [0.15, 0.2) is 24.3 Å². The van der Waals surface area contributed by atoms with Crippen LogP contribution < -0.4 is 0 Å². The standard InChI is InChI=1S/C31H58O2/c1-7-8-9-10-11-12-13-14-24-31(32)33-26-25-30(6)23-17-22-29(5)21-16-20-28(4)19-15-18-27(2)3/h7,25,27-29H,1,8-24,26H2,2-6H3/b30-25+/t28-,29-/m1/s1. The van der Waals surface area contributed by atoms with Gasteiger partial charge in [0.05, 0.1) is 0 Å². The minimum Gasteiger partial charge on any atom is -0.461 e. The Balaban J connectivity index is 3.64. The monoisotopic (exact) mass is 462 g/mol. The van der Waals surface area contributed by atoms with E-state index in [1.165, 1.54) is 82.6 Å². The maximum atomic E-state index is 11.9. The SMILES string of the molecule is C=CCCCCCCCCC(=O)OC/C=C(\C)CCC[C@H](C)CCC[C@H](C)CCCC(C)C. The maximum Gasteiger partial charge on any atom is 0.306 e. The molecule has 0 saturated carbocycles. The van der Waals surface area contributed by atoms with Crippen LogP contribution in [0.5, 0.6) is 0 Å². The molecule has 0 radical (unpaired) electrons. The highest BCUT2D eigenvalue weighted by Crippen LogP contribution is 2.22. The van der Waals surface area contributed by atoms with E-state index in [0.717, 1.165) is 43.4 Å². The molecule has 0 aromatic heterocycles. The Labute approximate surface area is 208 Å². The summed E-state index contributed by atoms with van der Waals surface area (Å²) in [5.74, 6) is 2.51. The fraction of sp³-hybridized carbons (Fsp3) is 0.839. The van der Waals surface area contributed by atoms with Gasteiger partial charge in [0.25, 0.3) is 0 Å². The van der Waals surface area contributed by atoms with E-state index in [2.05, 4.69) is 47.3 Å². The van der Waals surface area contributed by atoms with Crippen molar-refractivity contribution in [1.82, 2.24) is 0 Å². The van der Waals surface area contributed by atoms with E-state index in [0.29, 0.717) is 13.0 Å². The van der Waals surface area contributed by atoms with Gasteiger partial charge in [-0.1, -0.05) is 110 Å². The minimum atomic E-state index is -0.0437. The van der Waals surface area contributed by atoms with Gasteiger partial charge < -0.3 is 4.74 Å². The van der Waals surface area contributed by atoms with Crippen LogP contribution >= 0.6 is 0 Å². The highest BCUT2D eigenvalue weighted by molar-refractivity contribution is 5.69. The zero-order chi connectivity index (χ0) is 24.7. The first-order valence-electron chi connectivity index (χ1n) is 14.3. The summed E-state index contributed by atoms with van der Waals surface area (Å²) in [5, 5.41) is 0. The van der Waals surface area contributed by atoms with Crippen LogP contribution in [0.2, 0.25) is 0 Å². The van der Waals surface area contributed by atoms with E-state index in [1.54, 1.807) is 0 Å². The number of carbonyl (C=O) groups excluding carboxylic acids is 1. The summed E-state index contributed by atoms with van der Waals surface area (Å²) in [6, 6.07) is 0. The Morgan fingerprint density at radius 1 is 0.727 bits per heavy atom. The van der Waals surface area contributed by atoms with Gasteiger partial charge >= 0.3 is 5.97 Å². The summed E-state index contributed by atoms with van der Waals surface area (Å²) < 4.78 is 5.39. The van der Waals surface area contributed by atoms with Crippen molar-refractivity contribution in [3.8, 4) is 0 Å². The van der Waals surface area contributed by atoms with Crippen LogP contribution in [0.4, 0.5) is 0 Å². The number of ether oxygens (including phenoxy) is 1. The molecule has 0 fully saturated rings. The van der Waals surface area contributed by atoms with E-state index in [4.69, 9.17) is 4.74 Å². The fourth-order valence-electron chi connectivity index (χ4n) is 4.42. The second kappa shape index (κ2) is 22.7. The van der Waals surface area contributed by atoms with Gasteiger partial charge in [0.1, 0.15) is 6.61 Å². The summed E-state index contributed by atoms with van der Waals surface area (Å²) in [6.07, 6.45) is 24.9. The summed E-state index contributed by atoms with van der Waals surface area (Å²) in [5.41, 5.74) is 1.35. The van der Waals surface area contributed by atoms with Gasteiger partial charge in [0.15, 0.2) is 0 Å². The van der Waals surface area contributed by atoms with Gasteiger partial charge in [-0.05, 0) is 62.9 Å². The Morgan fingerprint density at radius 2 is 1.27 bits per heavy atom. The normalized spacial score (nSPS) is 13.8. The van der Waals surface area contributed by atoms with Gasteiger partial charge in [0, 0.05) is 6.42 Å². The Bertz CT molecular complexity index is 491. The fourth-order valence-corrected chi connectivity index (χ4v) is 4.42. The summed E-state index contributed by atoms with van der Waals surface area (Å²) >= 11 is 0. The number of unbranched alkanes of at least 4 members (excludes halogenated alkanes) is 6. The van der Waals surface area contributed by atoms with Crippen LogP contribution in [-0.4, -0.2) is 12.6 Å². The predicted molar refractivity (Wildman–Crippen MR) is 147 cm³/mol. The molecule has 2 atom stereocenters.